The quantitative estimate of drug-likeness (QED) is 0.896. The number of aromatic nitrogens is 2. The summed E-state index contributed by atoms with van der Waals surface area (Å²) in [5.74, 6) is -0.586. The topological polar surface area (TPSA) is 66.3 Å². The highest BCUT2D eigenvalue weighted by Crippen LogP contribution is 2.15. The van der Waals surface area contributed by atoms with Gasteiger partial charge in [0, 0.05) is 17.6 Å². The predicted molar refractivity (Wildman–Crippen MR) is 70.0 cm³/mol. The molecule has 0 spiro atoms. The second-order valence-corrected chi connectivity index (χ2v) is 4.67. The van der Waals surface area contributed by atoms with Crippen LogP contribution in [0.5, 0.6) is 0 Å². The van der Waals surface area contributed by atoms with Crippen LogP contribution in [-0.2, 0) is 6.54 Å². The third-order valence-electron chi connectivity index (χ3n) is 2.45. The molecule has 2 rings (SSSR count). The van der Waals surface area contributed by atoms with Crippen LogP contribution in [0.15, 0.2) is 29.8 Å². The van der Waals surface area contributed by atoms with Crippen molar-refractivity contribution in [3.05, 3.63) is 40.3 Å². The summed E-state index contributed by atoms with van der Waals surface area (Å²) in [6.07, 6.45) is 1.48. The molecular formula is C12H13N3O2S. The molecule has 0 saturated carbocycles. The van der Waals surface area contributed by atoms with Crippen LogP contribution in [0, 0.1) is 0 Å². The molecule has 5 nitrogen and oxygen atoms in total. The van der Waals surface area contributed by atoms with E-state index in [0.717, 1.165) is 6.54 Å². The van der Waals surface area contributed by atoms with Crippen LogP contribution in [0.4, 0.5) is 5.95 Å². The molecule has 18 heavy (non-hydrogen) atoms. The van der Waals surface area contributed by atoms with Gasteiger partial charge in [-0.1, -0.05) is 6.07 Å². The zero-order chi connectivity index (χ0) is 13.0. The van der Waals surface area contributed by atoms with Crippen molar-refractivity contribution in [1.29, 1.82) is 0 Å². The second kappa shape index (κ2) is 5.59. The van der Waals surface area contributed by atoms with Crippen LogP contribution in [0.1, 0.15) is 22.3 Å². The third-order valence-corrected chi connectivity index (χ3v) is 3.31. The Morgan fingerprint density at radius 3 is 2.94 bits per heavy atom. The highest BCUT2D eigenvalue weighted by molar-refractivity contribution is 7.09. The number of rotatable bonds is 5. The average molecular weight is 263 g/mol. The predicted octanol–water partition coefficient (Wildman–Crippen LogP) is 2.26. The van der Waals surface area contributed by atoms with Crippen LogP contribution < -0.4 is 4.90 Å². The Morgan fingerprint density at radius 2 is 2.33 bits per heavy atom. The molecule has 0 radical (unpaired) electrons. The summed E-state index contributed by atoms with van der Waals surface area (Å²) in [6.45, 7) is 3.41. The van der Waals surface area contributed by atoms with Gasteiger partial charge in [-0.25, -0.2) is 14.8 Å². The van der Waals surface area contributed by atoms with Crippen LogP contribution in [0.25, 0.3) is 0 Å². The van der Waals surface area contributed by atoms with E-state index >= 15 is 0 Å². The number of thiophene rings is 1. The van der Waals surface area contributed by atoms with E-state index in [2.05, 4.69) is 9.97 Å². The molecule has 94 valence electrons. The first kappa shape index (κ1) is 12.5. The first-order valence-electron chi connectivity index (χ1n) is 5.54. The molecule has 0 bridgehead atoms. The lowest BCUT2D eigenvalue weighted by atomic mass is 10.4. The first-order chi connectivity index (χ1) is 8.70. The Labute approximate surface area is 109 Å². The molecule has 0 aromatic carbocycles. The maximum absolute atomic E-state index is 10.9. The molecule has 2 aromatic rings. The minimum atomic E-state index is -1.04. The van der Waals surface area contributed by atoms with Crippen molar-refractivity contribution in [2.45, 2.75) is 13.5 Å². The summed E-state index contributed by atoms with van der Waals surface area (Å²) in [6, 6.07) is 5.42. The lowest BCUT2D eigenvalue weighted by Gasteiger charge is -2.19. The van der Waals surface area contributed by atoms with Crippen molar-refractivity contribution in [3.63, 3.8) is 0 Å². The van der Waals surface area contributed by atoms with Gasteiger partial charge < -0.3 is 10.0 Å². The number of hydrogen-bond acceptors (Lipinski definition) is 5. The van der Waals surface area contributed by atoms with Gasteiger partial charge in [0.2, 0.25) is 5.95 Å². The van der Waals surface area contributed by atoms with Gasteiger partial charge in [-0.3, -0.25) is 0 Å². The van der Waals surface area contributed by atoms with Crippen LogP contribution in [-0.4, -0.2) is 27.6 Å². The first-order valence-corrected chi connectivity index (χ1v) is 6.42. The van der Waals surface area contributed by atoms with Crippen molar-refractivity contribution in [1.82, 2.24) is 9.97 Å². The molecular weight excluding hydrogens is 250 g/mol. The summed E-state index contributed by atoms with van der Waals surface area (Å²) in [5.41, 5.74) is 0.0182. The average Bonchev–Trinajstić information content (AvgIpc) is 2.89. The van der Waals surface area contributed by atoms with Gasteiger partial charge in [0.15, 0.2) is 5.69 Å². The van der Waals surface area contributed by atoms with E-state index in [-0.39, 0.29) is 5.69 Å². The van der Waals surface area contributed by atoms with Gasteiger partial charge in [-0.15, -0.1) is 11.3 Å². The van der Waals surface area contributed by atoms with E-state index in [9.17, 15) is 4.79 Å². The molecule has 6 heteroatoms. The Hall–Kier alpha value is -1.95. The minimum absolute atomic E-state index is 0.0182. The zero-order valence-corrected chi connectivity index (χ0v) is 10.7. The summed E-state index contributed by atoms with van der Waals surface area (Å²) < 4.78 is 0. The molecule has 0 aliphatic carbocycles. The molecule has 1 N–H and O–H groups in total. The highest BCUT2D eigenvalue weighted by atomic mass is 32.1. The number of aromatic carboxylic acids is 1. The van der Waals surface area contributed by atoms with Crippen molar-refractivity contribution in [3.8, 4) is 0 Å². The molecule has 0 saturated heterocycles. The van der Waals surface area contributed by atoms with Gasteiger partial charge in [-0.2, -0.15) is 0 Å². The maximum atomic E-state index is 10.9. The molecule has 0 unspecified atom stereocenters. The second-order valence-electron chi connectivity index (χ2n) is 3.64. The smallest absolute Gasteiger partial charge is 0.354 e. The van der Waals surface area contributed by atoms with Gasteiger partial charge >= 0.3 is 5.97 Å². The largest absolute Gasteiger partial charge is 0.477 e. The van der Waals surface area contributed by atoms with Crippen molar-refractivity contribution in [2.75, 3.05) is 11.4 Å². The molecule has 0 amide bonds. The minimum Gasteiger partial charge on any atom is -0.477 e. The van der Waals surface area contributed by atoms with Gasteiger partial charge in [0.1, 0.15) is 0 Å². The molecule has 0 aliphatic rings. The lowest BCUT2D eigenvalue weighted by Crippen LogP contribution is -2.24. The van der Waals surface area contributed by atoms with E-state index in [0.29, 0.717) is 12.5 Å². The van der Waals surface area contributed by atoms with Crippen LogP contribution >= 0.6 is 11.3 Å². The number of carboxylic acid groups (broad SMARTS) is 1. The van der Waals surface area contributed by atoms with Gasteiger partial charge in [0.05, 0.1) is 6.54 Å². The number of anilines is 1. The van der Waals surface area contributed by atoms with Gasteiger partial charge in [-0.05, 0) is 24.4 Å². The Balaban J connectivity index is 2.21. The maximum Gasteiger partial charge on any atom is 0.354 e. The van der Waals surface area contributed by atoms with E-state index in [1.165, 1.54) is 17.1 Å². The standard InChI is InChI=1S/C12H13N3O2S/c1-2-15(8-9-4-3-7-18-9)12-13-6-5-10(14-12)11(16)17/h3-7H,2,8H2,1H3,(H,16,17). The Bertz CT molecular complexity index is 528. The lowest BCUT2D eigenvalue weighted by molar-refractivity contribution is 0.0690. The van der Waals surface area contributed by atoms with Crippen molar-refractivity contribution >= 4 is 23.3 Å². The van der Waals surface area contributed by atoms with Crippen LogP contribution in [0.3, 0.4) is 0 Å². The van der Waals surface area contributed by atoms with E-state index < -0.39 is 5.97 Å². The van der Waals surface area contributed by atoms with Crippen LogP contribution in [0.2, 0.25) is 0 Å². The normalized spacial score (nSPS) is 10.3. The Kier molecular flexibility index (Phi) is 3.88. The summed E-state index contributed by atoms with van der Waals surface area (Å²) in [7, 11) is 0. The SMILES string of the molecule is CCN(Cc1cccs1)c1nccc(C(=O)O)n1. The molecule has 2 heterocycles. The fourth-order valence-electron chi connectivity index (χ4n) is 1.53. The number of carbonyl (C=O) groups is 1. The van der Waals surface area contributed by atoms with Crippen molar-refractivity contribution in [2.24, 2.45) is 0 Å². The zero-order valence-electron chi connectivity index (χ0n) is 9.91. The molecule has 0 fully saturated rings. The molecule has 2 aromatic heterocycles. The molecule has 0 atom stereocenters. The van der Waals surface area contributed by atoms with E-state index in [1.54, 1.807) is 11.3 Å². The Morgan fingerprint density at radius 1 is 1.50 bits per heavy atom. The van der Waals surface area contributed by atoms with Crippen molar-refractivity contribution < 1.29 is 9.90 Å². The summed E-state index contributed by atoms with van der Waals surface area (Å²) >= 11 is 1.66. The summed E-state index contributed by atoms with van der Waals surface area (Å²) in [5, 5.41) is 10.9. The third kappa shape index (κ3) is 2.84. The molecule has 0 aliphatic heterocycles. The van der Waals surface area contributed by atoms with Gasteiger partial charge in [0.25, 0.3) is 0 Å². The number of carboxylic acids is 1. The highest BCUT2D eigenvalue weighted by Gasteiger charge is 2.12. The van der Waals surface area contributed by atoms with E-state index in [4.69, 9.17) is 5.11 Å². The fraction of sp³-hybridized carbons (Fsp3) is 0.250. The number of nitrogens with zero attached hydrogens (tertiary/aromatic N) is 3. The monoisotopic (exact) mass is 263 g/mol. The fourth-order valence-corrected chi connectivity index (χ4v) is 2.25. The van der Waals surface area contributed by atoms with E-state index in [1.807, 2.05) is 29.3 Å². The summed E-state index contributed by atoms with van der Waals surface area (Å²) in [4.78, 5) is 22.2. The number of hydrogen-bond donors (Lipinski definition) is 1.